The van der Waals surface area contributed by atoms with Crippen LogP contribution in [0.4, 0.5) is 0 Å². The largest absolute Gasteiger partial charge is 0.294 e. The maximum absolute atomic E-state index is 4.48. The average Bonchev–Trinajstić information content (AvgIpc) is 1.97. The molecular weight excluding hydrogens is 134 g/mol. The summed E-state index contributed by atoms with van der Waals surface area (Å²) in [6.45, 7) is 11.1. The van der Waals surface area contributed by atoms with Crippen LogP contribution in [0.3, 0.4) is 0 Å². The molecule has 0 aromatic rings. The highest BCUT2D eigenvalue weighted by Crippen LogP contribution is 2.01. The normalized spacial score (nSPS) is 12.2. The number of hydrogen-bond donors (Lipinski definition) is 0. The Morgan fingerprint density at radius 3 is 2.55 bits per heavy atom. The van der Waals surface area contributed by atoms with Crippen molar-refractivity contribution >= 4 is 5.71 Å². The number of aliphatic imine (C=N–C) groups is 1. The molecule has 0 unspecified atom stereocenters. The summed E-state index contributed by atoms with van der Waals surface area (Å²) in [6, 6.07) is 0. The minimum Gasteiger partial charge on any atom is -0.294 e. The highest BCUT2D eigenvalue weighted by atomic mass is 14.7. The Labute approximate surface area is 70.2 Å². The minimum atomic E-state index is 0.602. The first-order valence-electron chi connectivity index (χ1n) is 4.36. The Morgan fingerprint density at radius 1 is 1.55 bits per heavy atom. The van der Waals surface area contributed by atoms with Crippen LogP contribution < -0.4 is 0 Å². The van der Waals surface area contributed by atoms with Gasteiger partial charge in [-0.25, -0.2) is 0 Å². The Hall–Kier alpha value is -0.590. The zero-order valence-corrected chi connectivity index (χ0v) is 7.93. The molecule has 64 valence electrons. The fourth-order valence-electron chi connectivity index (χ4n) is 1.00. The van der Waals surface area contributed by atoms with E-state index >= 15 is 0 Å². The van der Waals surface area contributed by atoms with E-state index in [0.29, 0.717) is 5.92 Å². The standard InChI is InChI=1S/C10H19N/c1-5-7-8-11-10(6-2)9(3)4/h5,9H,1,6-8H2,2-4H3/b11-10-. The van der Waals surface area contributed by atoms with E-state index in [1.54, 1.807) is 0 Å². The van der Waals surface area contributed by atoms with E-state index in [0.717, 1.165) is 19.4 Å². The van der Waals surface area contributed by atoms with Gasteiger partial charge in [0.2, 0.25) is 0 Å². The van der Waals surface area contributed by atoms with Crippen molar-refractivity contribution in [2.24, 2.45) is 10.9 Å². The molecule has 0 aliphatic heterocycles. The molecule has 1 heteroatoms. The summed E-state index contributed by atoms with van der Waals surface area (Å²) < 4.78 is 0. The van der Waals surface area contributed by atoms with Crippen LogP contribution in [0.5, 0.6) is 0 Å². The van der Waals surface area contributed by atoms with Gasteiger partial charge in [0, 0.05) is 12.3 Å². The highest BCUT2D eigenvalue weighted by molar-refractivity contribution is 5.85. The lowest BCUT2D eigenvalue weighted by molar-refractivity contribution is 0.837. The van der Waals surface area contributed by atoms with Crippen LogP contribution in [0.15, 0.2) is 17.6 Å². The van der Waals surface area contributed by atoms with Gasteiger partial charge in [0.1, 0.15) is 0 Å². The molecule has 0 heterocycles. The van der Waals surface area contributed by atoms with Crippen LogP contribution in [0.2, 0.25) is 0 Å². The third-order valence-corrected chi connectivity index (χ3v) is 1.68. The van der Waals surface area contributed by atoms with Crippen molar-refractivity contribution in [2.75, 3.05) is 6.54 Å². The minimum absolute atomic E-state index is 0.602. The van der Waals surface area contributed by atoms with Crippen molar-refractivity contribution < 1.29 is 0 Å². The maximum Gasteiger partial charge on any atom is 0.0423 e. The molecule has 0 N–H and O–H groups in total. The molecule has 0 aliphatic carbocycles. The third kappa shape index (κ3) is 4.77. The second-order valence-electron chi connectivity index (χ2n) is 2.96. The molecule has 1 nitrogen and oxygen atoms in total. The third-order valence-electron chi connectivity index (χ3n) is 1.68. The zero-order valence-electron chi connectivity index (χ0n) is 7.93. The number of rotatable bonds is 5. The van der Waals surface area contributed by atoms with Gasteiger partial charge < -0.3 is 0 Å². The topological polar surface area (TPSA) is 12.4 Å². The van der Waals surface area contributed by atoms with E-state index in [9.17, 15) is 0 Å². The Balaban J connectivity index is 3.80. The van der Waals surface area contributed by atoms with Gasteiger partial charge in [-0.05, 0) is 18.8 Å². The van der Waals surface area contributed by atoms with Crippen LogP contribution in [-0.4, -0.2) is 12.3 Å². The lowest BCUT2D eigenvalue weighted by atomic mass is 10.1. The van der Waals surface area contributed by atoms with Crippen LogP contribution in [0.1, 0.15) is 33.6 Å². The molecule has 0 aromatic heterocycles. The molecule has 0 rings (SSSR count). The SMILES string of the molecule is C=CCC/N=C(/CC)C(C)C. The quantitative estimate of drug-likeness (QED) is 0.327. The molecule has 0 bridgehead atoms. The summed E-state index contributed by atoms with van der Waals surface area (Å²) in [5.74, 6) is 0.602. The van der Waals surface area contributed by atoms with Crippen LogP contribution in [0, 0.1) is 5.92 Å². The summed E-state index contributed by atoms with van der Waals surface area (Å²) in [6.07, 6.45) is 3.99. The van der Waals surface area contributed by atoms with Crippen molar-refractivity contribution in [2.45, 2.75) is 33.6 Å². The first-order chi connectivity index (χ1) is 5.22. The van der Waals surface area contributed by atoms with Crippen molar-refractivity contribution in [1.82, 2.24) is 0 Å². The molecule has 0 fully saturated rings. The van der Waals surface area contributed by atoms with Gasteiger partial charge in [0.05, 0.1) is 0 Å². The lowest BCUT2D eigenvalue weighted by Gasteiger charge is -2.06. The molecule has 0 aromatic carbocycles. The molecular formula is C10H19N. The van der Waals surface area contributed by atoms with Gasteiger partial charge in [0.15, 0.2) is 0 Å². The molecule has 0 atom stereocenters. The second kappa shape index (κ2) is 6.14. The Bertz CT molecular complexity index is 134. The van der Waals surface area contributed by atoms with Gasteiger partial charge in [-0.3, -0.25) is 4.99 Å². The van der Waals surface area contributed by atoms with E-state index in [2.05, 4.69) is 32.3 Å². The summed E-state index contributed by atoms with van der Waals surface area (Å²) in [5.41, 5.74) is 1.33. The van der Waals surface area contributed by atoms with Crippen molar-refractivity contribution in [3.63, 3.8) is 0 Å². The second-order valence-corrected chi connectivity index (χ2v) is 2.96. The highest BCUT2D eigenvalue weighted by Gasteiger charge is 1.99. The number of hydrogen-bond acceptors (Lipinski definition) is 1. The molecule has 0 saturated carbocycles. The maximum atomic E-state index is 4.48. The van der Waals surface area contributed by atoms with E-state index < -0.39 is 0 Å². The van der Waals surface area contributed by atoms with Gasteiger partial charge in [0.25, 0.3) is 0 Å². The van der Waals surface area contributed by atoms with E-state index in [4.69, 9.17) is 0 Å². The van der Waals surface area contributed by atoms with E-state index in [-0.39, 0.29) is 0 Å². The predicted octanol–water partition coefficient (Wildman–Crippen LogP) is 3.07. The summed E-state index contributed by atoms with van der Waals surface area (Å²) in [4.78, 5) is 4.48. The summed E-state index contributed by atoms with van der Waals surface area (Å²) in [7, 11) is 0. The van der Waals surface area contributed by atoms with E-state index in [1.165, 1.54) is 5.71 Å². The summed E-state index contributed by atoms with van der Waals surface area (Å²) >= 11 is 0. The fraction of sp³-hybridized carbons (Fsp3) is 0.700. The Kier molecular flexibility index (Phi) is 5.81. The van der Waals surface area contributed by atoms with Gasteiger partial charge in [-0.2, -0.15) is 0 Å². The van der Waals surface area contributed by atoms with E-state index in [1.807, 2.05) is 6.08 Å². The van der Waals surface area contributed by atoms with Gasteiger partial charge in [-0.1, -0.05) is 26.8 Å². The van der Waals surface area contributed by atoms with Gasteiger partial charge in [-0.15, -0.1) is 6.58 Å². The smallest absolute Gasteiger partial charge is 0.0423 e. The van der Waals surface area contributed by atoms with Crippen molar-refractivity contribution in [3.05, 3.63) is 12.7 Å². The predicted molar refractivity (Wildman–Crippen MR) is 52.2 cm³/mol. The van der Waals surface area contributed by atoms with Crippen LogP contribution in [-0.2, 0) is 0 Å². The monoisotopic (exact) mass is 153 g/mol. The Morgan fingerprint density at radius 2 is 2.18 bits per heavy atom. The summed E-state index contributed by atoms with van der Waals surface area (Å²) in [5, 5.41) is 0. The molecule has 0 amide bonds. The van der Waals surface area contributed by atoms with Crippen LogP contribution in [0.25, 0.3) is 0 Å². The first kappa shape index (κ1) is 10.4. The number of nitrogens with zero attached hydrogens (tertiary/aromatic N) is 1. The molecule has 0 spiro atoms. The molecule has 0 saturated heterocycles. The fourth-order valence-corrected chi connectivity index (χ4v) is 1.00. The zero-order chi connectivity index (χ0) is 8.69. The average molecular weight is 153 g/mol. The lowest BCUT2D eigenvalue weighted by Crippen LogP contribution is -2.06. The van der Waals surface area contributed by atoms with Crippen LogP contribution >= 0.6 is 0 Å². The van der Waals surface area contributed by atoms with Crippen molar-refractivity contribution in [3.8, 4) is 0 Å². The van der Waals surface area contributed by atoms with Crippen molar-refractivity contribution in [1.29, 1.82) is 0 Å². The molecule has 0 radical (unpaired) electrons. The molecule has 11 heavy (non-hydrogen) atoms. The molecule has 0 aliphatic rings. The van der Waals surface area contributed by atoms with Gasteiger partial charge >= 0.3 is 0 Å². The first-order valence-corrected chi connectivity index (χ1v) is 4.36.